The second kappa shape index (κ2) is 6.20. The molecular weight excluding hydrogens is 220 g/mol. The zero-order chi connectivity index (χ0) is 12.8. The summed E-state index contributed by atoms with van der Waals surface area (Å²) in [5.41, 5.74) is 7.11. The van der Waals surface area contributed by atoms with Crippen LogP contribution in [-0.4, -0.2) is 13.1 Å². The molecule has 2 nitrogen and oxygen atoms in total. The van der Waals surface area contributed by atoms with E-state index in [-0.39, 0.29) is 6.04 Å². The largest absolute Gasteiger partial charge is 0.329 e. The van der Waals surface area contributed by atoms with Gasteiger partial charge in [0.1, 0.15) is 0 Å². The van der Waals surface area contributed by atoms with Crippen LogP contribution in [0, 0.1) is 12.3 Å². The first-order valence-corrected chi connectivity index (χ1v) is 6.21. The Morgan fingerprint density at radius 1 is 1.17 bits per heavy atom. The van der Waals surface area contributed by atoms with Crippen molar-refractivity contribution in [1.29, 1.82) is 0 Å². The van der Waals surface area contributed by atoms with Gasteiger partial charge in [-0.15, -0.1) is 12.3 Å². The first-order chi connectivity index (χ1) is 8.86. The average Bonchev–Trinajstić information content (AvgIpc) is 2.43. The normalized spacial score (nSPS) is 12.2. The SMILES string of the molecule is C#CCCNC(CN)c1cccc2ccccc12. The highest BCUT2D eigenvalue weighted by molar-refractivity contribution is 5.86. The van der Waals surface area contributed by atoms with Crippen molar-refractivity contribution in [1.82, 2.24) is 5.32 Å². The molecule has 0 saturated heterocycles. The molecule has 2 heteroatoms. The molecule has 2 aromatic rings. The van der Waals surface area contributed by atoms with Gasteiger partial charge in [-0.05, 0) is 16.3 Å². The van der Waals surface area contributed by atoms with Crippen molar-refractivity contribution in [3.8, 4) is 12.3 Å². The van der Waals surface area contributed by atoms with Crippen LogP contribution in [0.15, 0.2) is 42.5 Å². The lowest BCUT2D eigenvalue weighted by atomic mass is 9.98. The highest BCUT2D eigenvalue weighted by Gasteiger charge is 2.11. The number of terminal acetylenes is 1. The van der Waals surface area contributed by atoms with E-state index in [1.807, 2.05) is 0 Å². The smallest absolute Gasteiger partial charge is 0.0451 e. The molecule has 18 heavy (non-hydrogen) atoms. The van der Waals surface area contributed by atoms with Crippen molar-refractivity contribution in [2.24, 2.45) is 5.73 Å². The molecule has 0 amide bonds. The Bertz CT molecular complexity index is 549. The Labute approximate surface area is 108 Å². The predicted molar refractivity (Wildman–Crippen MR) is 77.2 cm³/mol. The van der Waals surface area contributed by atoms with Crippen molar-refractivity contribution in [3.05, 3.63) is 48.0 Å². The summed E-state index contributed by atoms with van der Waals surface area (Å²) in [6, 6.07) is 14.8. The molecule has 0 aliphatic carbocycles. The Kier molecular flexibility index (Phi) is 4.35. The number of nitrogens with two attached hydrogens (primary N) is 1. The van der Waals surface area contributed by atoms with Gasteiger partial charge in [-0.2, -0.15) is 0 Å². The van der Waals surface area contributed by atoms with Crippen LogP contribution in [0.1, 0.15) is 18.0 Å². The molecule has 92 valence electrons. The summed E-state index contributed by atoms with van der Waals surface area (Å²) in [6.45, 7) is 1.36. The summed E-state index contributed by atoms with van der Waals surface area (Å²) in [5.74, 6) is 2.63. The molecule has 0 aliphatic heterocycles. The summed E-state index contributed by atoms with van der Waals surface area (Å²) in [5, 5.41) is 5.91. The molecule has 2 rings (SSSR count). The monoisotopic (exact) mass is 238 g/mol. The maximum absolute atomic E-state index is 5.86. The van der Waals surface area contributed by atoms with E-state index in [1.54, 1.807) is 0 Å². The molecule has 0 spiro atoms. The Morgan fingerprint density at radius 3 is 2.72 bits per heavy atom. The average molecular weight is 238 g/mol. The third-order valence-electron chi connectivity index (χ3n) is 3.09. The molecule has 1 atom stereocenters. The molecule has 0 aliphatic rings. The quantitative estimate of drug-likeness (QED) is 0.620. The predicted octanol–water partition coefficient (Wildman–Crippen LogP) is 2.45. The third kappa shape index (κ3) is 2.70. The molecule has 0 fully saturated rings. The zero-order valence-corrected chi connectivity index (χ0v) is 10.4. The van der Waals surface area contributed by atoms with Gasteiger partial charge in [0, 0.05) is 25.6 Å². The highest BCUT2D eigenvalue weighted by Crippen LogP contribution is 2.23. The number of fused-ring (bicyclic) bond motifs is 1. The second-order valence-electron chi connectivity index (χ2n) is 4.26. The summed E-state index contributed by atoms with van der Waals surface area (Å²) in [4.78, 5) is 0. The van der Waals surface area contributed by atoms with E-state index in [1.165, 1.54) is 16.3 Å². The topological polar surface area (TPSA) is 38.0 Å². The van der Waals surface area contributed by atoms with E-state index >= 15 is 0 Å². The zero-order valence-electron chi connectivity index (χ0n) is 10.4. The van der Waals surface area contributed by atoms with E-state index in [0.29, 0.717) is 6.54 Å². The lowest BCUT2D eigenvalue weighted by Crippen LogP contribution is -2.29. The van der Waals surface area contributed by atoms with Crippen molar-refractivity contribution in [2.75, 3.05) is 13.1 Å². The highest BCUT2D eigenvalue weighted by atomic mass is 14.9. The first-order valence-electron chi connectivity index (χ1n) is 6.21. The summed E-state index contributed by atoms with van der Waals surface area (Å²) in [7, 11) is 0. The minimum atomic E-state index is 0.157. The standard InChI is InChI=1S/C16H18N2/c1-2-3-11-18-16(12-17)15-10-6-8-13-7-4-5-9-14(13)15/h1,4-10,16,18H,3,11-12,17H2. The van der Waals surface area contributed by atoms with Gasteiger partial charge in [0.05, 0.1) is 0 Å². The van der Waals surface area contributed by atoms with E-state index in [2.05, 4.69) is 53.7 Å². The number of nitrogens with one attached hydrogen (secondary N) is 1. The number of hydrogen-bond acceptors (Lipinski definition) is 2. The lowest BCUT2D eigenvalue weighted by molar-refractivity contribution is 0.554. The minimum Gasteiger partial charge on any atom is -0.329 e. The molecule has 3 N–H and O–H groups in total. The van der Waals surface area contributed by atoms with E-state index in [0.717, 1.165) is 13.0 Å². The van der Waals surface area contributed by atoms with Crippen LogP contribution in [0.25, 0.3) is 10.8 Å². The maximum Gasteiger partial charge on any atom is 0.0451 e. The van der Waals surface area contributed by atoms with Crippen molar-refractivity contribution >= 4 is 10.8 Å². The van der Waals surface area contributed by atoms with Crippen LogP contribution >= 0.6 is 0 Å². The van der Waals surface area contributed by atoms with Gasteiger partial charge in [-0.25, -0.2) is 0 Å². The Morgan fingerprint density at radius 2 is 1.94 bits per heavy atom. The molecule has 0 saturated carbocycles. The Hall–Kier alpha value is -1.82. The molecule has 0 aromatic heterocycles. The lowest BCUT2D eigenvalue weighted by Gasteiger charge is -2.18. The molecule has 1 unspecified atom stereocenters. The maximum atomic E-state index is 5.86. The van der Waals surface area contributed by atoms with Gasteiger partial charge >= 0.3 is 0 Å². The van der Waals surface area contributed by atoms with Crippen LogP contribution in [0.3, 0.4) is 0 Å². The molecule has 0 heterocycles. The molecule has 2 aromatic carbocycles. The number of rotatable bonds is 5. The molecule has 0 radical (unpaired) electrons. The van der Waals surface area contributed by atoms with Crippen LogP contribution in [0.5, 0.6) is 0 Å². The van der Waals surface area contributed by atoms with Gasteiger partial charge < -0.3 is 11.1 Å². The van der Waals surface area contributed by atoms with Crippen molar-refractivity contribution in [3.63, 3.8) is 0 Å². The van der Waals surface area contributed by atoms with Gasteiger partial charge in [-0.3, -0.25) is 0 Å². The minimum absolute atomic E-state index is 0.157. The fourth-order valence-corrected chi connectivity index (χ4v) is 2.19. The molecular formula is C16H18N2. The van der Waals surface area contributed by atoms with Gasteiger partial charge in [0.25, 0.3) is 0 Å². The number of hydrogen-bond donors (Lipinski definition) is 2. The van der Waals surface area contributed by atoms with E-state index in [4.69, 9.17) is 12.2 Å². The fourth-order valence-electron chi connectivity index (χ4n) is 2.19. The molecule has 0 bridgehead atoms. The summed E-state index contributed by atoms with van der Waals surface area (Å²) in [6.07, 6.45) is 5.99. The van der Waals surface area contributed by atoms with Crippen LogP contribution in [-0.2, 0) is 0 Å². The van der Waals surface area contributed by atoms with Gasteiger partial charge in [-0.1, -0.05) is 42.5 Å². The fraction of sp³-hybridized carbons (Fsp3) is 0.250. The van der Waals surface area contributed by atoms with Crippen LogP contribution < -0.4 is 11.1 Å². The van der Waals surface area contributed by atoms with E-state index < -0.39 is 0 Å². The third-order valence-corrected chi connectivity index (χ3v) is 3.09. The van der Waals surface area contributed by atoms with Gasteiger partial charge in [0.2, 0.25) is 0 Å². The Balaban J connectivity index is 2.30. The number of benzene rings is 2. The summed E-state index contributed by atoms with van der Waals surface area (Å²) < 4.78 is 0. The van der Waals surface area contributed by atoms with E-state index in [9.17, 15) is 0 Å². The van der Waals surface area contributed by atoms with Crippen molar-refractivity contribution < 1.29 is 0 Å². The van der Waals surface area contributed by atoms with Crippen LogP contribution in [0.2, 0.25) is 0 Å². The first kappa shape index (κ1) is 12.6. The van der Waals surface area contributed by atoms with Crippen LogP contribution in [0.4, 0.5) is 0 Å². The second-order valence-corrected chi connectivity index (χ2v) is 4.26. The summed E-state index contributed by atoms with van der Waals surface area (Å²) >= 11 is 0. The van der Waals surface area contributed by atoms with Gasteiger partial charge in [0.15, 0.2) is 0 Å². The van der Waals surface area contributed by atoms with Crippen molar-refractivity contribution in [2.45, 2.75) is 12.5 Å².